The second kappa shape index (κ2) is 5.51. The molecule has 0 radical (unpaired) electrons. The standard InChI is InChI=1S/C17H14N4/c18-9-12-5-7-13(8-6-12)10-21-17-14-3-1-2-4-16(14)20-11-15(17)19/h1-8,11H,10,19H2,(H,20,21). The third-order valence-corrected chi connectivity index (χ3v) is 3.36. The lowest BCUT2D eigenvalue weighted by Crippen LogP contribution is -2.04. The molecule has 0 spiro atoms. The molecule has 0 aliphatic heterocycles. The summed E-state index contributed by atoms with van der Waals surface area (Å²) in [6, 6.07) is 17.5. The molecule has 0 unspecified atom stereocenters. The van der Waals surface area contributed by atoms with E-state index in [4.69, 9.17) is 11.0 Å². The van der Waals surface area contributed by atoms with Crippen LogP contribution in [0.3, 0.4) is 0 Å². The van der Waals surface area contributed by atoms with Crippen molar-refractivity contribution in [3.63, 3.8) is 0 Å². The van der Waals surface area contributed by atoms with Gasteiger partial charge in [0.05, 0.1) is 34.7 Å². The maximum absolute atomic E-state index is 8.80. The molecule has 21 heavy (non-hydrogen) atoms. The highest BCUT2D eigenvalue weighted by molar-refractivity contribution is 5.96. The molecule has 2 aromatic carbocycles. The van der Waals surface area contributed by atoms with Crippen LogP contribution in [-0.2, 0) is 6.54 Å². The Kier molecular flexibility index (Phi) is 3.40. The Morgan fingerprint density at radius 3 is 2.62 bits per heavy atom. The van der Waals surface area contributed by atoms with Crippen molar-refractivity contribution < 1.29 is 0 Å². The Labute approximate surface area is 122 Å². The zero-order chi connectivity index (χ0) is 14.7. The third kappa shape index (κ3) is 2.63. The van der Waals surface area contributed by atoms with Crippen LogP contribution in [0.15, 0.2) is 54.7 Å². The Morgan fingerprint density at radius 2 is 1.86 bits per heavy atom. The molecule has 102 valence electrons. The molecule has 0 bridgehead atoms. The molecule has 1 aromatic heterocycles. The van der Waals surface area contributed by atoms with Gasteiger partial charge in [-0.25, -0.2) is 0 Å². The normalized spacial score (nSPS) is 10.2. The summed E-state index contributed by atoms with van der Waals surface area (Å²) in [4.78, 5) is 4.32. The van der Waals surface area contributed by atoms with Crippen molar-refractivity contribution in [1.29, 1.82) is 5.26 Å². The van der Waals surface area contributed by atoms with E-state index in [9.17, 15) is 0 Å². The largest absolute Gasteiger partial charge is 0.396 e. The summed E-state index contributed by atoms with van der Waals surface area (Å²) in [6.07, 6.45) is 1.67. The molecular formula is C17H14N4. The molecule has 1 heterocycles. The van der Waals surface area contributed by atoms with Gasteiger partial charge in [-0.05, 0) is 23.8 Å². The molecule has 3 N–H and O–H groups in total. The van der Waals surface area contributed by atoms with Gasteiger partial charge in [-0.15, -0.1) is 0 Å². The molecular weight excluding hydrogens is 260 g/mol. The van der Waals surface area contributed by atoms with E-state index in [0.717, 1.165) is 22.2 Å². The number of aromatic nitrogens is 1. The third-order valence-electron chi connectivity index (χ3n) is 3.36. The number of rotatable bonds is 3. The van der Waals surface area contributed by atoms with Crippen molar-refractivity contribution in [1.82, 2.24) is 4.98 Å². The molecule has 0 fully saturated rings. The number of fused-ring (bicyclic) bond motifs is 1. The molecule has 0 atom stereocenters. The highest BCUT2D eigenvalue weighted by atomic mass is 14.9. The van der Waals surface area contributed by atoms with E-state index in [1.165, 1.54) is 0 Å². The molecule has 0 saturated carbocycles. The fraction of sp³-hybridized carbons (Fsp3) is 0.0588. The Balaban J connectivity index is 1.87. The van der Waals surface area contributed by atoms with Crippen LogP contribution in [0.4, 0.5) is 11.4 Å². The van der Waals surface area contributed by atoms with Crippen LogP contribution in [0, 0.1) is 11.3 Å². The van der Waals surface area contributed by atoms with E-state index in [2.05, 4.69) is 16.4 Å². The van der Waals surface area contributed by atoms with Crippen LogP contribution in [0.2, 0.25) is 0 Å². The summed E-state index contributed by atoms with van der Waals surface area (Å²) < 4.78 is 0. The zero-order valence-electron chi connectivity index (χ0n) is 11.4. The molecule has 4 heteroatoms. The minimum absolute atomic E-state index is 0.627. The topological polar surface area (TPSA) is 74.7 Å². The second-order valence-electron chi connectivity index (χ2n) is 4.77. The minimum atomic E-state index is 0.627. The van der Waals surface area contributed by atoms with Crippen LogP contribution in [0.1, 0.15) is 11.1 Å². The van der Waals surface area contributed by atoms with Crippen molar-refractivity contribution in [2.24, 2.45) is 0 Å². The Hall–Kier alpha value is -3.06. The van der Waals surface area contributed by atoms with Gasteiger partial charge < -0.3 is 11.1 Å². The van der Waals surface area contributed by atoms with Crippen LogP contribution >= 0.6 is 0 Å². The number of nitriles is 1. The van der Waals surface area contributed by atoms with Crippen molar-refractivity contribution in [2.75, 3.05) is 11.1 Å². The smallest absolute Gasteiger partial charge is 0.0991 e. The second-order valence-corrected chi connectivity index (χ2v) is 4.77. The summed E-state index contributed by atoms with van der Waals surface area (Å²) in [6.45, 7) is 0.643. The van der Waals surface area contributed by atoms with Gasteiger partial charge in [-0.2, -0.15) is 5.26 Å². The Bertz CT molecular complexity index is 816. The highest BCUT2D eigenvalue weighted by Crippen LogP contribution is 2.27. The molecule has 0 saturated heterocycles. The number of hydrogen-bond acceptors (Lipinski definition) is 4. The van der Waals surface area contributed by atoms with Crippen molar-refractivity contribution in [3.05, 3.63) is 65.9 Å². The SMILES string of the molecule is N#Cc1ccc(CNc2c(N)cnc3ccccc23)cc1. The van der Waals surface area contributed by atoms with E-state index in [1.807, 2.05) is 48.5 Å². The quantitative estimate of drug-likeness (QED) is 0.768. The van der Waals surface area contributed by atoms with Gasteiger partial charge in [-0.1, -0.05) is 30.3 Å². The lowest BCUT2D eigenvalue weighted by atomic mass is 10.1. The van der Waals surface area contributed by atoms with Crippen LogP contribution in [0.5, 0.6) is 0 Å². The molecule has 0 amide bonds. The van der Waals surface area contributed by atoms with Crippen LogP contribution in [0.25, 0.3) is 10.9 Å². The number of pyridine rings is 1. The maximum atomic E-state index is 8.80. The first-order chi connectivity index (χ1) is 10.3. The van der Waals surface area contributed by atoms with Crippen molar-refractivity contribution >= 4 is 22.3 Å². The van der Waals surface area contributed by atoms with Crippen LogP contribution < -0.4 is 11.1 Å². The van der Waals surface area contributed by atoms with E-state index >= 15 is 0 Å². The van der Waals surface area contributed by atoms with Gasteiger partial charge in [0.1, 0.15) is 0 Å². The zero-order valence-corrected chi connectivity index (χ0v) is 11.4. The van der Waals surface area contributed by atoms with E-state index < -0.39 is 0 Å². The first-order valence-corrected chi connectivity index (χ1v) is 6.64. The fourth-order valence-corrected chi connectivity index (χ4v) is 2.24. The van der Waals surface area contributed by atoms with Crippen LogP contribution in [-0.4, -0.2) is 4.98 Å². The minimum Gasteiger partial charge on any atom is -0.396 e. The van der Waals surface area contributed by atoms with Gasteiger partial charge in [0.25, 0.3) is 0 Å². The van der Waals surface area contributed by atoms with Crippen molar-refractivity contribution in [3.8, 4) is 6.07 Å². The first kappa shape index (κ1) is 12.9. The Morgan fingerprint density at radius 1 is 1.10 bits per heavy atom. The molecule has 0 aliphatic rings. The monoisotopic (exact) mass is 274 g/mol. The summed E-state index contributed by atoms with van der Waals surface area (Å²) in [5.74, 6) is 0. The summed E-state index contributed by atoms with van der Waals surface area (Å²) in [5, 5.41) is 13.2. The van der Waals surface area contributed by atoms with Crippen molar-refractivity contribution in [2.45, 2.75) is 6.54 Å². The summed E-state index contributed by atoms with van der Waals surface area (Å²) in [5.41, 5.74) is 10.2. The first-order valence-electron chi connectivity index (χ1n) is 6.64. The maximum Gasteiger partial charge on any atom is 0.0991 e. The fourth-order valence-electron chi connectivity index (χ4n) is 2.24. The van der Waals surface area contributed by atoms with E-state index in [1.54, 1.807) is 6.20 Å². The number of para-hydroxylation sites is 1. The van der Waals surface area contributed by atoms with Gasteiger partial charge in [0.15, 0.2) is 0 Å². The molecule has 0 aliphatic carbocycles. The lowest BCUT2D eigenvalue weighted by molar-refractivity contribution is 1.15. The molecule has 3 rings (SSSR count). The number of anilines is 2. The van der Waals surface area contributed by atoms with Gasteiger partial charge in [0.2, 0.25) is 0 Å². The average molecular weight is 274 g/mol. The number of nitrogen functional groups attached to an aromatic ring is 1. The summed E-state index contributed by atoms with van der Waals surface area (Å²) in [7, 11) is 0. The molecule has 3 aromatic rings. The number of benzene rings is 2. The average Bonchev–Trinajstić information content (AvgIpc) is 2.54. The van der Waals surface area contributed by atoms with E-state index in [0.29, 0.717) is 17.8 Å². The number of nitrogens with zero attached hydrogens (tertiary/aromatic N) is 2. The van der Waals surface area contributed by atoms with Gasteiger partial charge in [-0.3, -0.25) is 4.98 Å². The highest BCUT2D eigenvalue weighted by Gasteiger charge is 2.05. The van der Waals surface area contributed by atoms with Gasteiger partial charge in [0, 0.05) is 11.9 Å². The lowest BCUT2D eigenvalue weighted by Gasteiger charge is -2.12. The number of hydrogen-bond donors (Lipinski definition) is 2. The number of nitrogens with one attached hydrogen (secondary N) is 1. The predicted octanol–water partition coefficient (Wildman–Crippen LogP) is 3.30. The summed E-state index contributed by atoms with van der Waals surface area (Å²) >= 11 is 0. The molecule has 4 nitrogen and oxygen atoms in total. The number of nitrogens with two attached hydrogens (primary N) is 1. The predicted molar refractivity (Wildman–Crippen MR) is 84.6 cm³/mol. The van der Waals surface area contributed by atoms with E-state index in [-0.39, 0.29) is 0 Å². The van der Waals surface area contributed by atoms with Gasteiger partial charge >= 0.3 is 0 Å².